The molecule has 0 fully saturated rings. The van der Waals surface area contributed by atoms with Crippen molar-refractivity contribution in [1.29, 1.82) is 0 Å². The molecule has 3 rings (SSSR count). The normalized spacial score (nSPS) is 10.8. The van der Waals surface area contributed by atoms with Gasteiger partial charge in [0.25, 0.3) is 5.69 Å². The van der Waals surface area contributed by atoms with Gasteiger partial charge in [0.2, 0.25) is 5.76 Å². The lowest BCUT2D eigenvalue weighted by Gasteiger charge is -2.06. The first-order chi connectivity index (χ1) is 10.5. The van der Waals surface area contributed by atoms with Gasteiger partial charge in [-0.3, -0.25) is 20.2 Å². The molecule has 8 nitrogen and oxygen atoms in total. The molecule has 0 aliphatic rings. The molecule has 0 bridgehead atoms. The standard InChI is InChI=1S/C14H9N3O5/c1-8-7-10(14-12(17(20)21)5-6-22-14)9-3-2-4-11(16(18)19)13(9)15-8/h2-7H,1H3. The summed E-state index contributed by atoms with van der Waals surface area (Å²) in [6, 6.07) is 7.33. The first-order valence-electron chi connectivity index (χ1n) is 6.26. The van der Waals surface area contributed by atoms with Crippen LogP contribution in [0.3, 0.4) is 0 Å². The summed E-state index contributed by atoms with van der Waals surface area (Å²) in [6.45, 7) is 1.66. The maximum absolute atomic E-state index is 11.1. The molecule has 1 aromatic carbocycles. The van der Waals surface area contributed by atoms with Crippen LogP contribution >= 0.6 is 0 Å². The van der Waals surface area contributed by atoms with E-state index in [0.717, 1.165) is 0 Å². The van der Waals surface area contributed by atoms with Gasteiger partial charge in [0.1, 0.15) is 5.52 Å². The van der Waals surface area contributed by atoms with Gasteiger partial charge in [0, 0.05) is 22.7 Å². The Morgan fingerprint density at radius 1 is 1.09 bits per heavy atom. The van der Waals surface area contributed by atoms with Crippen LogP contribution in [0.4, 0.5) is 11.4 Å². The summed E-state index contributed by atoms with van der Waals surface area (Å²) in [7, 11) is 0. The molecule has 2 heterocycles. The Balaban J connectivity index is 2.40. The van der Waals surface area contributed by atoms with E-state index in [1.165, 1.54) is 24.5 Å². The van der Waals surface area contributed by atoms with E-state index in [-0.39, 0.29) is 22.7 Å². The third-order valence-electron chi connectivity index (χ3n) is 3.23. The Labute approximate surface area is 123 Å². The van der Waals surface area contributed by atoms with Crippen LogP contribution in [0.5, 0.6) is 0 Å². The van der Waals surface area contributed by atoms with Gasteiger partial charge in [-0.05, 0) is 13.0 Å². The van der Waals surface area contributed by atoms with Crippen LogP contribution in [0.1, 0.15) is 5.69 Å². The number of aryl methyl sites for hydroxylation is 1. The van der Waals surface area contributed by atoms with Crippen LogP contribution in [0, 0.1) is 27.2 Å². The smallest absolute Gasteiger partial charge is 0.315 e. The lowest BCUT2D eigenvalue weighted by atomic mass is 10.0. The number of benzene rings is 1. The Bertz CT molecular complexity index is 916. The van der Waals surface area contributed by atoms with Gasteiger partial charge >= 0.3 is 5.69 Å². The number of aromatic nitrogens is 1. The van der Waals surface area contributed by atoms with E-state index in [2.05, 4.69) is 4.98 Å². The van der Waals surface area contributed by atoms with Crippen LogP contribution in [0.2, 0.25) is 0 Å². The maximum Gasteiger partial charge on any atom is 0.315 e. The third-order valence-corrected chi connectivity index (χ3v) is 3.23. The summed E-state index contributed by atoms with van der Waals surface area (Å²) in [6.07, 6.45) is 1.21. The second-order valence-electron chi connectivity index (χ2n) is 4.63. The maximum atomic E-state index is 11.1. The van der Waals surface area contributed by atoms with Crippen LogP contribution in [0.15, 0.2) is 41.0 Å². The van der Waals surface area contributed by atoms with Crippen molar-refractivity contribution in [2.45, 2.75) is 6.92 Å². The summed E-state index contributed by atoms with van der Waals surface area (Å²) in [5.41, 5.74) is 0.730. The number of nitro benzene ring substituents is 1. The van der Waals surface area contributed by atoms with E-state index in [4.69, 9.17) is 4.42 Å². The fraction of sp³-hybridized carbons (Fsp3) is 0.0714. The number of non-ortho nitro benzene ring substituents is 1. The molecule has 0 saturated carbocycles. The van der Waals surface area contributed by atoms with Crippen molar-refractivity contribution in [2.75, 3.05) is 0 Å². The second kappa shape index (κ2) is 4.92. The van der Waals surface area contributed by atoms with Crippen molar-refractivity contribution in [3.05, 3.63) is 62.5 Å². The van der Waals surface area contributed by atoms with Crippen molar-refractivity contribution < 1.29 is 14.3 Å². The molecule has 0 spiro atoms. The van der Waals surface area contributed by atoms with E-state index in [0.29, 0.717) is 16.6 Å². The largest absolute Gasteiger partial charge is 0.457 e. The van der Waals surface area contributed by atoms with Gasteiger partial charge in [-0.25, -0.2) is 4.98 Å². The number of furan rings is 1. The van der Waals surface area contributed by atoms with Crippen molar-refractivity contribution >= 4 is 22.3 Å². The fourth-order valence-corrected chi connectivity index (χ4v) is 2.34. The van der Waals surface area contributed by atoms with Crippen LogP contribution in [0.25, 0.3) is 22.2 Å². The van der Waals surface area contributed by atoms with E-state index < -0.39 is 9.85 Å². The lowest BCUT2D eigenvalue weighted by Crippen LogP contribution is -1.95. The molecule has 0 aliphatic carbocycles. The average molecular weight is 299 g/mol. The summed E-state index contributed by atoms with van der Waals surface area (Å²) in [5, 5.41) is 22.6. The fourth-order valence-electron chi connectivity index (χ4n) is 2.34. The molecular weight excluding hydrogens is 290 g/mol. The molecular formula is C14H9N3O5. The Morgan fingerprint density at radius 2 is 1.82 bits per heavy atom. The number of para-hydroxylation sites is 1. The minimum Gasteiger partial charge on any atom is -0.457 e. The Hall–Kier alpha value is -3.29. The number of nitrogens with zero attached hydrogens (tertiary/aromatic N) is 3. The molecule has 0 atom stereocenters. The Kier molecular flexibility index (Phi) is 3.06. The predicted octanol–water partition coefficient (Wildman–Crippen LogP) is 3.62. The highest BCUT2D eigenvalue weighted by molar-refractivity contribution is 5.99. The molecule has 0 radical (unpaired) electrons. The summed E-state index contributed by atoms with van der Waals surface area (Å²) in [5.74, 6) is 0.0565. The summed E-state index contributed by atoms with van der Waals surface area (Å²) in [4.78, 5) is 25.3. The predicted molar refractivity (Wildman–Crippen MR) is 77.5 cm³/mol. The zero-order valence-corrected chi connectivity index (χ0v) is 11.3. The molecule has 0 unspecified atom stereocenters. The molecule has 0 aliphatic heterocycles. The number of rotatable bonds is 3. The number of hydrogen-bond acceptors (Lipinski definition) is 6. The number of fused-ring (bicyclic) bond motifs is 1. The minimum absolute atomic E-state index is 0.0565. The van der Waals surface area contributed by atoms with Gasteiger partial charge < -0.3 is 4.42 Å². The van der Waals surface area contributed by atoms with Gasteiger partial charge in [-0.1, -0.05) is 12.1 Å². The van der Waals surface area contributed by atoms with Crippen LogP contribution in [-0.4, -0.2) is 14.8 Å². The summed E-state index contributed by atoms with van der Waals surface area (Å²) >= 11 is 0. The van der Waals surface area contributed by atoms with Gasteiger partial charge in [-0.2, -0.15) is 0 Å². The number of nitro groups is 2. The quantitative estimate of drug-likeness (QED) is 0.539. The highest BCUT2D eigenvalue weighted by Gasteiger charge is 2.24. The van der Waals surface area contributed by atoms with Crippen molar-refractivity contribution in [3.8, 4) is 11.3 Å². The van der Waals surface area contributed by atoms with Gasteiger partial charge in [-0.15, -0.1) is 0 Å². The lowest BCUT2D eigenvalue weighted by molar-refractivity contribution is -0.384. The van der Waals surface area contributed by atoms with E-state index in [1.54, 1.807) is 19.1 Å². The van der Waals surface area contributed by atoms with Crippen molar-refractivity contribution in [2.24, 2.45) is 0 Å². The molecule has 0 saturated heterocycles. The zero-order chi connectivity index (χ0) is 15.9. The molecule has 110 valence electrons. The van der Waals surface area contributed by atoms with E-state index in [9.17, 15) is 20.2 Å². The zero-order valence-electron chi connectivity index (χ0n) is 11.3. The number of pyridine rings is 1. The first-order valence-corrected chi connectivity index (χ1v) is 6.26. The number of hydrogen-bond donors (Lipinski definition) is 0. The third kappa shape index (κ3) is 2.06. The molecule has 0 N–H and O–H groups in total. The van der Waals surface area contributed by atoms with E-state index in [1.807, 2.05) is 0 Å². The Morgan fingerprint density at radius 3 is 2.50 bits per heavy atom. The van der Waals surface area contributed by atoms with Crippen molar-refractivity contribution in [1.82, 2.24) is 4.98 Å². The molecule has 3 aromatic rings. The average Bonchev–Trinajstić information content (AvgIpc) is 2.95. The van der Waals surface area contributed by atoms with Gasteiger partial charge in [0.05, 0.1) is 22.2 Å². The van der Waals surface area contributed by atoms with Gasteiger partial charge in [0.15, 0.2) is 0 Å². The monoisotopic (exact) mass is 299 g/mol. The topological polar surface area (TPSA) is 112 Å². The minimum atomic E-state index is -0.558. The summed E-state index contributed by atoms with van der Waals surface area (Å²) < 4.78 is 5.24. The highest BCUT2D eigenvalue weighted by atomic mass is 16.6. The van der Waals surface area contributed by atoms with Crippen LogP contribution < -0.4 is 0 Å². The first kappa shape index (κ1) is 13.7. The molecule has 0 amide bonds. The second-order valence-corrected chi connectivity index (χ2v) is 4.63. The molecule has 2 aromatic heterocycles. The van der Waals surface area contributed by atoms with Crippen LogP contribution in [-0.2, 0) is 0 Å². The van der Waals surface area contributed by atoms with E-state index >= 15 is 0 Å². The highest BCUT2D eigenvalue weighted by Crippen LogP contribution is 2.37. The molecule has 22 heavy (non-hydrogen) atoms. The SMILES string of the molecule is Cc1cc(-c2occc2[N+](=O)[O-])c2cccc([N+](=O)[O-])c2n1. The van der Waals surface area contributed by atoms with Crippen molar-refractivity contribution in [3.63, 3.8) is 0 Å². The molecule has 8 heteroatoms.